The molecule has 0 radical (unpaired) electrons. The van der Waals surface area contributed by atoms with E-state index in [0.29, 0.717) is 42.3 Å². The lowest BCUT2D eigenvalue weighted by atomic mass is 10.2. The maximum atomic E-state index is 10.2. The largest absolute Gasteiger partial charge is 0.501 e. The summed E-state index contributed by atoms with van der Waals surface area (Å²) in [6.07, 6.45) is 2.15. The second kappa shape index (κ2) is 38.3. The van der Waals surface area contributed by atoms with Crippen LogP contribution in [0.4, 0.5) is 0 Å². The minimum Gasteiger partial charge on any atom is -0.379 e. The van der Waals surface area contributed by atoms with Gasteiger partial charge in [0, 0.05) is 54.1 Å². The van der Waals surface area contributed by atoms with Crippen molar-refractivity contribution >= 4 is 83.9 Å². The van der Waals surface area contributed by atoms with E-state index in [1.165, 1.54) is 23.5 Å². The zero-order valence-electron chi connectivity index (χ0n) is 29.4. The smallest absolute Gasteiger partial charge is 0.379 e. The van der Waals surface area contributed by atoms with Crippen molar-refractivity contribution in [3.05, 3.63) is 0 Å². The molecule has 0 heterocycles. The third-order valence-electron chi connectivity index (χ3n) is 3.76. The Balaban J connectivity index is -0.000000154. The van der Waals surface area contributed by atoms with Gasteiger partial charge in [0.05, 0.1) is 17.3 Å². The normalized spacial score (nSPS) is 10.3. The Bertz CT molecular complexity index is 693. The molecule has 0 aliphatic carbocycles. The summed E-state index contributed by atoms with van der Waals surface area (Å²) >= 11 is 15.7. The molecule has 43 heavy (non-hydrogen) atoms. The van der Waals surface area contributed by atoms with Gasteiger partial charge in [-0.15, -0.1) is 12.6 Å². The van der Waals surface area contributed by atoms with Crippen LogP contribution in [-0.4, -0.2) is 72.4 Å². The molecule has 0 spiro atoms. The van der Waals surface area contributed by atoms with Crippen molar-refractivity contribution in [1.82, 2.24) is 0 Å². The van der Waals surface area contributed by atoms with Gasteiger partial charge in [-0.3, -0.25) is 4.79 Å². The predicted molar refractivity (Wildman–Crippen MR) is 204 cm³/mol. The summed E-state index contributed by atoms with van der Waals surface area (Å²) in [5, 5.41) is 13.3. The number of thiocyanates is 1. The van der Waals surface area contributed by atoms with Crippen molar-refractivity contribution in [2.24, 2.45) is 10.9 Å². The molecule has 0 aromatic rings. The van der Waals surface area contributed by atoms with Gasteiger partial charge in [-0.1, -0.05) is 65.5 Å². The highest BCUT2D eigenvalue weighted by Crippen LogP contribution is 2.18. The third-order valence-corrected chi connectivity index (χ3v) is 8.74. The molecule has 0 rings (SSSR count). The molecule has 0 saturated carbocycles. The molecule has 0 unspecified atom stereocenters. The van der Waals surface area contributed by atoms with Crippen molar-refractivity contribution in [3.8, 4) is 5.40 Å². The third kappa shape index (κ3) is 58.3. The summed E-state index contributed by atoms with van der Waals surface area (Å²) < 4.78 is 23.6. The molecule has 256 valence electrons. The van der Waals surface area contributed by atoms with Gasteiger partial charge in [0.25, 0.3) is 0 Å². The Morgan fingerprint density at radius 2 is 1.40 bits per heavy atom. The Hall–Kier alpha value is 0.157. The van der Waals surface area contributed by atoms with Crippen LogP contribution in [0.15, 0.2) is 4.99 Å². The molecular formula is C30H62N2O5S5Si. The average Bonchev–Trinajstić information content (AvgIpc) is 2.82. The van der Waals surface area contributed by atoms with Crippen molar-refractivity contribution in [1.29, 1.82) is 5.26 Å². The summed E-state index contributed by atoms with van der Waals surface area (Å²) in [7, 11) is -2.45. The molecular weight excluding hydrogens is 657 g/mol. The van der Waals surface area contributed by atoms with Crippen molar-refractivity contribution in [3.63, 3.8) is 0 Å². The number of aliphatic imine (C=N–C) groups is 1. The van der Waals surface area contributed by atoms with Gasteiger partial charge in [0.1, 0.15) is 5.40 Å². The SMILES string of the molecule is CC(=O)SC(C)C.CC(C)CC(=S)S.CC(C)N=C=S.CC(C)SC#N.CCO[Si](CCCOC(C)C)(OCC)OCC. The lowest BCUT2D eigenvalue weighted by Gasteiger charge is -2.28. The zero-order chi connectivity index (χ0) is 34.9. The molecule has 0 atom stereocenters. The molecule has 0 bridgehead atoms. The molecule has 0 aromatic heterocycles. The highest BCUT2D eigenvalue weighted by atomic mass is 32.2. The van der Waals surface area contributed by atoms with Crippen LogP contribution >= 0.6 is 60.6 Å². The number of nitriles is 1. The minimum atomic E-state index is -2.45. The van der Waals surface area contributed by atoms with Crippen LogP contribution in [0.1, 0.15) is 110 Å². The zero-order valence-corrected chi connectivity index (χ0v) is 34.5. The monoisotopic (exact) mass is 718 g/mol. The van der Waals surface area contributed by atoms with Crippen LogP contribution < -0.4 is 0 Å². The van der Waals surface area contributed by atoms with Crippen LogP contribution in [-0.2, 0) is 22.8 Å². The number of nitrogens with zero attached hydrogens (tertiary/aromatic N) is 2. The number of thiocarbonyl (C=S) groups is 2. The summed E-state index contributed by atoms with van der Waals surface area (Å²) in [6, 6.07) is 1.14. The lowest BCUT2D eigenvalue weighted by Crippen LogP contribution is -2.46. The Morgan fingerprint density at radius 1 is 0.930 bits per heavy atom. The van der Waals surface area contributed by atoms with Gasteiger partial charge in [-0.05, 0) is 91.2 Å². The summed E-state index contributed by atoms with van der Waals surface area (Å²) in [4.78, 5) is 13.9. The van der Waals surface area contributed by atoms with Crippen LogP contribution in [0.3, 0.4) is 0 Å². The number of rotatable bonds is 16. The van der Waals surface area contributed by atoms with Gasteiger partial charge < -0.3 is 18.0 Å². The van der Waals surface area contributed by atoms with E-state index < -0.39 is 8.80 Å². The molecule has 0 N–H and O–H groups in total. The van der Waals surface area contributed by atoms with Crippen molar-refractivity contribution < 1.29 is 22.8 Å². The number of isothiocyanates is 1. The number of thioether (sulfide) groups is 2. The van der Waals surface area contributed by atoms with Gasteiger partial charge in [-0.2, -0.15) is 5.26 Å². The van der Waals surface area contributed by atoms with E-state index in [4.69, 9.17) is 35.5 Å². The van der Waals surface area contributed by atoms with E-state index in [1.54, 1.807) is 6.92 Å². The van der Waals surface area contributed by atoms with Crippen molar-refractivity contribution in [2.75, 3.05) is 26.4 Å². The number of carbonyl (C=O) groups excluding carboxylic acids is 1. The van der Waals surface area contributed by atoms with Crippen LogP contribution in [0.25, 0.3) is 0 Å². The van der Waals surface area contributed by atoms with E-state index in [1.807, 2.05) is 81.6 Å². The van der Waals surface area contributed by atoms with Crippen molar-refractivity contribution in [2.45, 2.75) is 138 Å². The second-order valence-corrected chi connectivity index (χ2v) is 17.6. The average molecular weight is 719 g/mol. The highest BCUT2D eigenvalue weighted by molar-refractivity contribution is 8.14. The fourth-order valence-electron chi connectivity index (χ4n) is 2.50. The van der Waals surface area contributed by atoms with E-state index in [0.717, 1.165) is 29.7 Å². The fraction of sp³-hybridized carbons (Fsp3) is 0.867. The van der Waals surface area contributed by atoms with Gasteiger partial charge in [0.15, 0.2) is 5.12 Å². The first kappa shape index (κ1) is 52.7. The molecule has 0 aliphatic rings. The first-order valence-electron chi connectivity index (χ1n) is 14.9. The lowest BCUT2D eigenvalue weighted by molar-refractivity contribution is -0.109. The number of hydrogen-bond acceptors (Lipinski definition) is 11. The standard InChI is InChI=1S/C12H28O4Si.C5H10OS.C5H10S2.2C4H7NS/c1-6-14-17(15-7-2,16-8-3)11-9-10-13-12(4)5;1-4(2)7-5(3)6;1-4(2)3-5(6)7;1-4(2)6-3-5;1-4(2)5-3-6/h12H,6-11H2,1-5H3;4H,1-3H3;4H,3H2,1-2H3,(H,6,7);2*4H,1-2H3. The van der Waals surface area contributed by atoms with E-state index in [-0.39, 0.29) is 11.2 Å². The highest BCUT2D eigenvalue weighted by Gasteiger charge is 2.39. The molecule has 0 saturated heterocycles. The van der Waals surface area contributed by atoms with Crippen LogP contribution in [0, 0.1) is 16.6 Å². The Labute approximate surface area is 291 Å². The maximum Gasteiger partial charge on any atom is 0.501 e. The fourth-order valence-corrected chi connectivity index (χ4v) is 6.86. The van der Waals surface area contributed by atoms with Crippen LogP contribution in [0.2, 0.25) is 6.04 Å². The molecule has 0 aromatic carbocycles. The van der Waals surface area contributed by atoms with Gasteiger partial charge in [-0.25, -0.2) is 4.99 Å². The summed E-state index contributed by atoms with van der Waals surface area (Å²) in [6.45, 7) is 30.4. The predicted octanol–water partition coefficient (Wildman–Crippen LogP) is 9.92. The molecule has 0 amide bonds. The van der Waals surface area contributed by atoms with E-state index in [9.17, 15) is 4.79 Å². The molecule has 7 nitrogen and oxygen atoms in total. The number of ether oxygens (including phenoxy) is 1. The summed E-state index contributed by atoms with van der Waals surface area (Å²) in [5.74, 6) is 0.657. The quantitative estimate of drug-likeness (QED) is 0.0415. The molecule has 13 heteroatoms. The Morgan fingerprint density at radius 3 is 1.53 bits per heavy atom. The Kier molecular flexibility index (Phi) is 47.0. The van der Waals surface area contributed by atoms with E-state index in [2.05, 4.69) is 48.8 Å². The molecule has 0 fully saturated rings. The number of hydrogen-bond donors (Lipinski definition) is 1. The maximum absolute atomic E-state index is 10.2. The second-order valence-electron chi connectivity index (χ2n) is 10.2. The molecule has 0 aliphatic heterocycles. The van der Waals surface area contributed by atoms with E-state index >= 15 is 0 Å². The van der Waals surface area contributed by atoms with Gasteiger partial charge >= 0.3 is 8.80 Å². The van der Waals surface area contributed by atoms with Crippen LogP contribution in [0.5, 0.6) is 0 Å². The minimum absolute atomic E-state index is 0.204. The number of carbonyl (C=O) groups is 1. The number of thiol groups is 1. The van der Waals surface area contributed by atoms with Gasteiger partial charge in [0.2, 0.25) is 0 Å². The topological polar surface area (TPSA) is 90.1 Å². The first-order valence-corrected chi connectivity index (χ1v) is 19.9. The summed E-state index contributed by atoms with van der Waals surface area (Å²) in [5.41, 5.74) is 0. The first-order chi connectivity index (χ1) is 19.9.